The Morgan fingerprint density at radius 1 is 1.39 bits per heavy atom. The van der Waals surface area contributed by atoms with Crippen LogP contribution in [-0.4, -0.2) is 11.5 Å². The Morgan fingerprint density at radius 2 is 2.06 bits per heavy atom. The zero-order chi connectivity index (χ0) is 13.4. The first-order valence-electron chi connectivity index (χ1n) is 6.06. The largest absolute Gasteiger partial charge is 0.310 e. The molecule has 0 spiro atoms. The Labute approximate surface area is 108 Å². The molecule has 1 rings (SSSR count). The number of nitrogens with one attached hydrogen (secondary N) is 1. The summed E-state index contributed by atoms with van der Waals surface area (Å²) >= 11 is 0. The van der Waals surface area contributed by atoms with Gasteiger partial charge in [0.1, 0.15) is 0 Å². The number of terminal acetylenes is 1. The van der Waals surface area contributed by atoms with E-state index in [1.165, 1.54) is 12.1 Å². The molecule has 0 aliphatic carbocycles. The molecular formula is C14H18N2O2. The van der Waals surface area contributed by atoms with E-state index in [2.05, 4.69) is 11.2 Å². The molecule has 0 amide bonds. The van der Waals surface area contributed by atoms with Gasteiger partial charge in [0.05, 0.1) is 4.92 Å². The molecule has 1 aromatic rings. The molecule has 0 radical (unpaired) electrons. The summed E-state index contributed by atoms with van der Waals surface area (Å²) in [6, 6.07) is 6.84. The molecule has 0 bridgehead atoms. The Bertz CT molecular complexity index is 420. The second-order valence-corrected chi connectivity index (χ2v) is 4.19. The Balaban J connectivity index is 2.39. The third-order valence-electron chi connectivity index (χ3n) is 2.80. The zero-order valence-electron chi connectivity index (χ0n) is 10.6. The number of non-ortho nitro benzene ring substituents is 1. The van der Waals surface area contributed by atoms with Gasteiger partial charge in [0, 0.05) is 24.6 Å². The first kappa shape index (κ1) is 14.2. The highest BCUT2D eigenvalue weighted by molar-refractivity contribution is 5.33. The van der Waals surface area contributed by atoms with Crippen LogP contribution in [0.2, 0.25) is 0 Å². The first-order valence-corrected chi connectivity index (χ1v) is 6.06. The van der Waals surface area contributed by atoms with Crippen molar-refractivity contribution in [1.29, 1.82) is 0 Å². The average molecular weight is 246 g/mol. The highest BCUT2D eigenvalue weighted by Crippen LogP contribution is 2.17. The topological polar surface area (TPSA) is 55.2 Å². The van der Waals surface area contributed by atoms with E-state index in [1.54, 1.807) is 12.1 Å². The minimum absolute atomic E-state index is 0.125. The zero-order valence-corrected chi connectivity index (χ0v) is 10.6. The van der Waals surface area contributed by atoms with Crippen molar-refractivity contribution in [2.45, 2.75) is 32.2 Å². The summed E-state index contributed by atoms with van der Waals surface area (Å²) in [7, 11) is 0. The summed E-state index contributed by atoms with van der Waals surface area (Å²) in [6.07, 6.45) is 8.06. The van der Waals surface area contributed by atoms with Gasteiger partial charge >= 0.3 is 0 Å². The predicted molar refractivity (Wildman–Crippen MR) is 72.2 cm³/mol. The second kappa shape index (κ2) is 7.46. The van der Waals surface area contributed by atoms with Crippen molar-refractivity contribution in [3.8, 4) is 12.3 Å². The molecular weight excluding hydrogens is 228 g/mol. The van der Waals surface area contributed by atoms with Crippen LogP contribution in [0.25, 0.3) is 0 Å². The van der Waals surface area contributed by atoms with Crippen molar-refractivity contribution in [3.63, 3.8) is 0 Å². The summed E-state index contributed by atoms with van der Waals surface area (Å²) in [5, 5.41) is 13.9. The third kappa shape index (κ3) is 4.56. The van der Waals surface area contributed by atoms with E-state index < -0.39 is 0 Å². The van der Waals surface area contributed by atoms with Gasteiger partial charge in [0.25, 0.3) is 5.69 Å². The maximum Gasteiger partial charge on any atom is 0.269 e. The van der Waals surface area contributed by atoms with Gasteiger partial charge in [-0.3, -0.25) is 10.1 Å². The van der Waals surface area contributed by atoms with Crippen molar-refractivity contribution < 1.29 is 4.92 Å². The number of hydrogen-bond acceptors (Lipinski definition) is 3. The molecule has 0 fully saturated rings. The summed E-state index contributed by atoms with van der Waals surface area (Å²) in [5.74, 6) is 2.61. The SMILES string of the molecule is C#CCCCCNC(C)c1ccc([N+](=O)[O-])cc1. The molecule has 96 valence electrons. The van der Waals surface area contributed by atoms with Crippen LogP contribution in [-0.2, 0) is 0 Å². The lowest BCUT2D eigenvalue weighted by Crippen LogP contribution is -2.19. The molecule has 1 aromatic carbocycles. The molecule has 1 N–H and O–H groups in total. The van der Waals surface area contributed by atoms with Crippen LogP contribution < -0.4 is 5.32 Å². The third-order valence-corrected chi connectivity index (χ3v) is 2.80. The van der Waals surface area contributed by atoms with Gasteiger partial charge in [-0.2, -0.15) is 0 Å². The van der Waals surface area contributed by atoms with Gasteiger partial charge in [-0.1, -0.05) is 12.1 Å². The summed E-state index contributed by atoms with van der Waals surface area (Å²) in [6.45, 7) is 2.95. The fourth-order valence-electron chi connectivity index (χ4n) is 1.67. The van der Waals surface area contributed by atoms with Crippen LogP contribution in [0, 0.1) is 22.5 Å². The minimum Gasteiger partial charge on any atom is -0.310 e. The fraction of sp³-hybridized carbons (Fsp3) is 0.429. The maximum absolute atomic E-state index is 10.5. The van der Waals surface area contributed by atoms with Gasteiger partial charge in [-0.05, 0) is 31.9 Å². The highest BCUT2D eigenvalue weighted by atomic mass is 16.6. The lowest BCUT2D eigenvalue weighted by Gasteiger charge is -2.13. The molecule has 18 heavy (non-hydrogen) atoms. The Kier molecular flexibility index (Phi) is 5.89. The van der Waals surface area contributed by atoms with Crippen molar-refractivity contribution in [2.75, 3.05) is 6.54 Å². The first-order chi connectivity index (χ1) is 8.65. The molecule has 0 aliphatic heterocycles. The van der Waals surface area contributed by atoms with Gasteiger partial charge < -0.3 is 5.32 Å². The number of nitro benzene ring substituents is 1. The van der Waals surface area contributed by atoms with E-state index in [4.69, 9.17) is 6.42 Å². The van der Waals surface area contributed by atoms with Crippen molar-refractivity contribution in [2.24, 2.45) is 0 Å². The summed E-state index contributed by atoms with van der Waals surface area (Å²) in [5.41, 5.74) is 1.18. The van der Waals surface area contributed by atoms with Crippen LogP contribution in [0.5, 0.6) is 0 Å². The van der Waals surface area contributed by atoms with Crippen molar-refractivity contribution in [3.05, 3.63) is 39.9 Å². The van der Waals surface area contributed by atoms with E-state index in [0.717, 1.165) is 31.4 Å². The molecule has 0 aromatic heterocycles. The normalized spacial score (nSPS) is 11.8. The number of hydrogen-bond donors (Lipinski definition) is 1. The molecule has 0 heterocycles. The Hall–Kier alpha value is -1.86. The maximum atomic E-state index is 10.5. The lowest BCUT2D eigenvalue weighted by molar-refractivity contribution is -0.384. The quantitative estimate of drug-likeness (QED) is 0.348. The van der Waals surface area contributed by atoms with Gasteiger partial charge in [-0.15, -0.1) is 12.3 Å². The lowest BCUT2D eigenvalue weighted by atomic mass is 10.1. The standard InChI is InChI=1S/C14H18N2O2/c1-3-4-5-6-11-15-12(2)13-7-9-14(10-8-13)16(17)18/h1,7-10,12,15H,4-6,11H2,2H3. The molecule has 0 aliphatic rings. The van der Waals surface area contributed by atoms with Gasteiger partial charge in [0.15, 0.2) is 0 Å². The van der Waals surface area contributed by atoms with Gasteiger partial charge in [-0.25, -0.2) is 0 Å². The molecule has 0 saturated carbocycles. The van der Waals surface area contributed by atoms with Gasteiger partial charge in [0.2, 0.25) is 0 Å². The number of nitrogens with zero attached hydrogens (tertiary/aromatic N) is 1. The van der Waals surface area contributed by atoms with Crippen LogP contribution in [0.1, 0.15) is 37.8 Å². The fourth-order valence-corrected chi connectivity index (χ4v) is 1.67. The van der Waals surface area contributed by atoms with E-state index in [0.29, 0.717) is 0 Å². The molecule has 4 heteroatoms. The number of nitro groups is 1. The average Bonchev–Trinajstić information content (AvgIpc) is 2.38. The van der Waals surface area contributed by atoms with Crippen LogP contribution in [0.4, 0.5) is 5.69 Å². The van der Waals surface area contributed by atoms with Crippen LogP contribution in [0.3, 0.4) is 0 Å². The minimum atomic E-state index is -0.387. The van der Waals surface area contributed by atoms with E-state index >= 15 is 0 Å². The summed E-state index contributed by atoms with van der Waals surface area (Å²) < 4.78 is 0. The molecule has 1 unspecified atom stereocenters. The van der Waals surface area contributed by atoms with Crippen LogP contribution >= 0.6 is 0 Å². The Morgan fingerprint density at radius 3 is 2.61 bits per heavy atom. The summed E-state index contributed by atoms with van der Waals surface area (Å²) in [4.78, 5) is 10.1. The van der Waals surface area contributed by atoms with E-state index in [9.17, 15) is 10.1 Å². The van der Waals surface area contributed by atoms with Crippen molar-refractivity contribution >= 4 is 5.69 Å². The van der Waals surface area contributed by atoms with Crippen LogP contribution in [0.15, 0.2) is 24.3 Å². The highest BCUT2D eigenvalue weighted by Gasteiger charge is 2.08. The monoisotopic (exact) mass is 246 g/mol. The predicted octanol–water partition coefficient (Wildman–Crippen LogP) is 3.05. The molecule has 4 nitrogen and oxygen atoms in total. The van der Waals surface area contributed by atoms with E-state index in [1.807, 2.05) is 6.92 Å². The smallest absolute Gasteiger partial charge is 0.269 e. The van der Waals surface area contributed by atoms with E-state index in [-0.39, 0.29) is 16.7 Å². The van der Waals surface area contributed by atoms with Crippen molar-refractivity contribution in [1.82, 2.24) is 5.32 Å². The number of rotatable bonds is 7. The molecule has 1 atom stereocenters. The second-order valence-electron chi connectivity index (χ2n) is 4.19. The molecule has 0 saturated heterocycles. The number of unbranched alkanes of at least 4 members (excludes halogenated alkanes) is 2. The number of benzene rings is 1.